The summed E-state index contributed by atoms with van der Waals surface area (Å²) >= 11 is 0. The number of amides is 1. The van der Waals surface area contributed by atoms with Gasteiger partial charge >= 0.3 is 0 Å². The highest BCUT2D eigenvalue weighted by Gasteiger charge is 2.06. The molecule has 2 N–H and O–H groups in total. The summed E-state index contributed by atoms with van der Waals surface area (Å²) in [6.45, 7) is 3.82. The van der Waals surface area contributed by atoms with Crippen molar-refractivity contribution in [1.29, 1.82) is 0 Å². The molecule has 0 saturated heterocycles. The number of carbonyl (C=O) groups excluding carboxylic acids is 1. The van der Waals surface area contributed by atoms with Gasteiger partial charge in [-0.1, -0.05) is 17.9 Å². The Kier molecular flexibility index (Phi) is 4.76. The van der Waals surface area contributed by atoms with E-state index in [0.717, 1.165) is 22.4 Å². The van der Waals surface area contributed by atoms with Gasteiger partial charge in [-0.25, -0.2) is 0 Å². The number of rotatable bonds is 2. The molecule has 3 heteroatoms. The van der Waals surface area contributed by atoms with E-state index in [1.54, 1.807) is 24.3 Å². The molecule has 0 saturated carbocycles. The molecule has 0 aromatic heterocycles. The molecule has 0 atom stereocenters. The number of aliphatic hydroxyl groups is 1. The van der Waals surface area contributed by atoms with Gasteiger partial charge in [0.25, 0.3) is 5.91 Å². The van der Waals surface area contributed by atoms with E-state index in [2.05, 4.69) is 23.2 Å². The number of hydrogen-bond donors (Lipinski definition) is 2. The quantitative estimate of drug-likeness (QED) is 0.830. The molecule has 1 amide bonds. The zero-order valence-electron chi connectivity index (χ0n) is 12.1. The molecule has 2 aromatic rings. The molecule has 0 aliphatic rings. The fraction of sp³-hybridized carbons (Fsp3) is 0.167. The third-order valence-electron chi connectivity index (χ3n) is 2.94. The van der Waals surface area contributed by atoms with E-state index < -0.39 is 0 Å². The molecule has 0 aliphatic heterocycles. The Morgan fingerprint density at radius 1 is 1.10 bits per heavy atom. The van der Waals surface area contributed by atoms with Crippen LogP contribution in [0.15, 0.2) is 42.5 Å². The predicted molar refractivity (Wildman–Crippen MR) is 84.3 cm³/mol. The van der Waals surface area contributed by atoms with Crippen LogP contribution in [-0.2, 0) is 0 Å². The van der Waals surface area contributed by atoms with Gasteiger partial charge in [-0.15, -0.1) is 0 Å². The lowest BCUT2D eigenvalue weighted by Crippen LogP contribution is -2.12. The zero-order chi connectivity index (χ0) is 15.2. The lowest BCUT2D eigenvalue weighted by Gasteiger charge is -2.07. The van der Waals surface area contributed by atoms with Crippen LogP contribution in [0.4, 0.5) is 5.69 Å². The van der Waals surface area contributed by atoms with Gasteiger partial charge in [-0.3, -0.25) is 4.79 Å². The van der Waals surface area contributed by atoms with Crippen LogP contribution in [0.5, 0.6) is 0 Å². The van der Waals surface area contributed by atoms with E-state index in [4.69, 9.17) is 5.11 Å². The van der Waals surface area contributed by atoms with E-state index in [0.29, 0.717) is 5.56 Å². The Morgan fingerprint density at radius 3 is 2.29 bits per heavy atom. The van der Waals surface area contributed by atoms with Crippen molar-refractivity contribution in [3.05, 3.63) is 64.7 Å². The number of carbonyl (C=O) groups is 1. The van der Waals surface area contributed by atoms with Gasteiger partial charge < -0.3 is 10.4 Å². The molecule has 0 aliphatic carbocycles. The molecule has 0 fully saturated rings. The van der Waals surface area contributed by atoms with E-state index in [1.807, 2.05) is 26.0 Å². The highest BCUT2D eigenvalue weighted by molar-refractivity contribution is 6.04. The average Bonchev–Trinajstić information content (AvgIpc) is 2.44. The zero-order valence-corrected chi connectivity index (χ0v) is 12.1. The van der Waals surface area contributed by atoms with Crippen molar-refractivity contribution in [1.82, 2.24) is 0 Å². The van der Waals surface area contributed by atoms with Crippen molar-refractivity contribution in [3.63, 3.8) is 0 Å². The van der Waals surface area contributed by atoms with Crippen molar-refractivity contribution < 1.29 is 9.90 Å². The molecular weight excluding hydrogens is 262 g/mol. The number of anilines is 1. The first-order valence-corrected chi connectivity index (χ1v) is 6.68. The van der Waals surface area contributed by atoms with Gasteiger partial charge in [0.05, 0.1) is 0 Å². The van der Waals surface area contributed by atoms with Gasteiger partial charge in [0.1, 0.15) is 6.61 Å². The Hall–Kier alpha value is -2.57. The average molecular weight is 279 g/mol. The molecule has 0 unspecified atom stereocenters. The maximum Gasteiger partial charge on any atom is 0.255 e. The smallest absolute Gasteiger partial charge is 0.255 e. The standard InChI is InChI=1S/C18H17NO2/c1-13-10-14(2)12-17(11-13)19-18(21)16-7-5-15(6-8-16)4-3-9-20/h5-8,10-12,20H,9H2,1-2H3,(H,19,21). The van der Waals surface area contributed by atoms with Gasteiger partial charge in [0, 0.05) is 16.8 Å². The van der Waals surface area contributed by atoms with Crippen molar-refractivity contribution >= 4 is 11.6 Å². The number of aliphatic hydroxyl groups excluding tert-OH is 1. The second kappa shape index (κ2) is 6.74. The summed E-state index contributed by atoms with van der Waals surface area (Å²) in [5.41, 5.74) is 4.36. The SMILES string of the molecule is Cc1cc(C)cc(NC(=O)c2ccc(C#CCO)cc2)c1. The Labute approximate surface area is 124 Å². The second-order valence-electron chi connectivity index (χ2n) is 4.87. The normalized spacial score (nSPS) is 9.67. The lowest BCUT2D eigenvalue weighted by atomic mass is 10.1. The van der Waals surface area contributed by atoms with E-state index >= 15 is 0 Å². The second-order valence-corrected chi connectivity index (χ2v) is 4.87. The summed E-state index contributed by atoms with van der Waals surface area (Å²) in [6.07, 6.45) is 0. The van der Waals surface area contributed by atoms with Crippen molar-refractivity contribution in [2.75, 3.05) is 11.9 Å². The Bertz CT molecular complexity index is 686. The van der Waals surface area contributed by atoms with Crippen molar-refractivity contribution in [3.8, 4) is 11.8 Å². The monoisotopic (exact) mass is 279 g/mol. The fourth-order valence-electron chi connectivity index (χ4n) is 2.10. The van der Waals surface area contributed by atoms with Crippen LogP contribution in [0.3, 0.4) is 0 Å². The van der Waals surface area contributed by atoms with Crippen LogP contribution >= 0.6 is 0 Å². The summed E-state index contributed by atoms with van der Waals surface area (Å²) in [5.74, 6) is 5.21. The third kappa shape index (κ3) is 4.20. The first-order valence-electron chi connectivity index (χ1n) is 6.68. The minimum Gasteiger partial charge on any atom is -0.384 e. The maximum atomic E-state index is 12.2. The lowest BCUT2D eigenvalue weighted by molar-refractivity contribution is 0.102. The summed E-state index contributed by atoms with van der Waals surface area (Å²) in [6, 6.07) is 12.9. The first-order chi connectivity index (χ1) is 10.1. The van der Waals surface area contributed by atoms with E-state index in [9.17, 15) is 4.79 Å². The minimum absolute atomic E-state index is 0.151. The number of nitrogens with one attached hydrogen (secondary N) is 1. The number of hydrogen-bond acceptors (Lipinski definition) is 2. The van der Waals surface area contributed by atoms with Crippen LogP contribution in [0, 0.1) is 25.7 Å². The predicted octanol–water partition coefficient (Wildman–Crippen LogP) is 2.90. The minimum atomic E-state index is -0.172. The molecule has 0 radical (unpaired) electrons. The largest absolute Gasteiger partial charge is 0.384 e. The summed E-state index contributed by atoms with van der Waals surface area (Å²) in [4.78, 5) is 12.2. The van der Waals surface area contributed by atoms with Crippen LogP contribution in [0.2, 0.25) is 0 Å². The van der Waals surface area contributed by atoms with E-state index in [-0.39, 0.29) is 12.5 Å². The van der Waals surface area contributed by atoms with Crippen LogP contribution in [0.1, 0.15) is 27.0 Å². The highest BCUT2D eigenvalue weighted by atomic mass is 16.2. The number of benzene rings is 2. The van der Waals surface area contributed by atoms with Crippen LogP contribution in [0.25, 0.3) is 0 Å². The molecular formula is C18H17NO2. The maximum absolute atomic E-state index is 12.2. The summed E-state index contributed by atoms with van der Waals surface area (Å²) < 4.78 is 0. The van der Waals surface area contributed by atoms with Gasteiger partial charge in [-0.05, 0) is 61.4 Å². The highest BCUT2D eigenvalue weighted by Crippen LogP contribution is 2.15. The first kappa shape index (κ1) is 14.8. The van der Waals surface area contributed by atoms with Crippen LogP contribution < -0.4 is 5.32 Å². The topological polar surface area (TPSA) is 49.3 Å². The number of aryl methyl sites for hydroxylation is 2. The molecule has 2 rings (SSSR count). The molecule has 3 nitrogen and oxygen atoms in total. The van der Waals surface area contributed by atoms with E-state index in [1.165, 1.54) is 0 Å². The third-order valence-corrected chi connectivity index (χ3v) is 2.94. The van der Waals surface area contributed by atoms with Crippen molar-refractivity contribution in [2.24, 2.45) is 0 Å². The molecule has 0 spiro atoms. The van der Waals surface area contributed by atoms with Gasteiger partial charge in [0.15, 0.2) is 0 Å². The molecule has 0 bridgehead atoms. The fourth-order valence-corrected chi connectivity index (χ4v) is 2.10. The molecule has 0 heterocycles. The van der Waals surface area contributed by atoms with Gasteiger partial charge in [-0.2, -0.15) is 0 Å². The molecule has 2 aromatic carbocycles. The Morgan fingerprint density at radius 2 is 1.71 bits per heavy atom. The van der Waals surface area contributed by atoms with Crippen molar-refractivity contribution in [2.45, 2.75) is 13.8 Å². The molecule has 21 heavy (non-hydrogen) atoms. The summed E-state index contributed by atoms with van der Waals surface area (Å²) in [5, 5.41) is 11.5. The Balaban J connectivity index is 2.13. The molecule has 106 valence electrons. The summed E-state index contributed by atoms with van der Waals surface area (Å²) in [7, 11) is 0. The van der Waals surface area contributed by atoms with Crippen LogP contribution in [-0.4, -0.2) is 17.6 Å². The van der Waals surface area contributed by atoms with Gasteiger partial charge in [0.2, 0.25) is 0 Å².